The highest BCUT2D eigenvalue weighted by atomic mass is 32.2. The van der Waals surface area contributed by atoms with Gasteiger partial charge in [-0.05, 0) is 67.5 Å². The third-order valence-electron chi connectivity index (χ3n) is 5.02. The second-order valence-electron chi connectivity index (χ2n) is 9.25. The van der Waals surface area contributed by atoms with Gasteiger partial charge in [0.05, 0.1) is 12.6 Å². The van der Waals surface area contributed by atoms with Gasteiger partial charge in [-0.3, -0.25) is 0 Å². The molecule has 0 bridgehead atoms. The Kier molecular flexibility index (Phi) is 11.4. The molecule has 2 rings (SSSR count). The van der Waals surface area contributed by atoms with Gasteiger partial charge in [0.15, 0.2) is 10.1 Å². The van der Waals surface area contributed by atoms with Crippen LogP contribution in [0.25, 0.3) is 11.4 Å². The third kappa shape index (κ3) is 8.25. The Morgan fingerprint density at radius 3 is 1.57 bits per heavy atom. The van der Waals surface area contributed by atoms with Crippen molar-refractivity contribution < 1.29 is 30.7 Å². The van der Waals surface area contributed by atoms with Gasteiger partial charge < -0.3 is 4.55 Å². The average molecular weight is 539 g/mol. The van der Waals surface area contributed by atoms with Crippen LogP contribution in [0.5, 0.6) is 0 Å². The number of aryl methyl sites for hydroxylation is 1. The van der Waals surface area contributed by atoms with Gasteiger partial charge in [-0.1, -0.05) is 18.2 Å². The molecule has 1 aromatic carbocycles. The molecule has 0 aliphatic heterocycles. The van der Waals surface area contributed by atoms with Crippen molar-refractivity contribution in [3.63, 3.8) is 0 Å². The van der Waals surface area contributed by atoms with Gasteiger partial charge in [0.1, 0.15) is 12.4 Å². The summed E-state index contributed by atoms with van der Waals surface area (Å²) in [5, 5.41) is 0. The van der Waals surface area contributed by atoms with Crippen LogP contribution < -0.4 is 4.57 Å². The van der Waals surface area contributed by atoms with Crippen LogP contribution in [0.4, 0.5) is 13.2 Å². The zero-order valence-electron chi connectivity index (χ0n) is 21.9. The lowest BCUT2D eigenvalue weighted by Crippen LogP contribution is -2.45. The standard InChI is InChI=1S/C22H38N4P.CHF3O3S/c1-17(2)25(18(3)4)27(26(19(5)6)20(7)8)24-16-15-23(9)22(24)21-13-11-10-12-14-21;2-1(3,4)8(5,6)7/h10-20H,1-9H3;(H,5,6,7)/q+1;/p-1. The Labute approximate surface area is 209 Å². The molecule has 0 aliphatic rings. The molecule has 0 amide bonds. The molecule has 0 spiro atoms. The summed E-state index contributed by atoms with van der Waals surface area (Å²) in [7, 11) is -4.64. The predicted octanol–water partition coefficient (Wildman–Crippen LogP) is 5.34. The molecule has 200 valence electrons. The van der Waals surface area contributed by atoms with Crippen LogP contribution in [0.2, 0.25) is 0 Å². The Hall–Kier alpha value is -1.52. The van der Waals surface area contributed by atoms with E-state index in [2.05, 4.69) is 123 Å². The summed E-state index contributed by atoms with van der Waals surface area (Å²) in [6.45, 7) is 18.6. The van der Waals surface area contributed by atoms with Gasteiger partial charge in [-0.2, -0.15) is 17.5 Å². The largest absolute Gasteiger partial charge is 0.741 e. The van der Waals surface area contributed by atoms with Crippen molar-refractivity contribution in [2.45, 2.75) is 85.1 Å². The first-order valence-corrected chi connectivity index (χ1v) is 14.0. The van der Waals surface area contributed by atoms with E-state index in [4.69, 9.17) is 13.0 Å². The highest BCUT2D eigenvalue weighted by molar-refractivity contribution is 7.86. The molecule has 0 saturated carbocycles. The Morgan fingerprint density at radius 1 is 0.886 bits per heavy atom. The van der Waals surface area contributed by atoms with E-state index in [1.165, 1.54) is 11.4 Å². The highest BCUT2D eigenvalue weighted by Crippen LogP contribution is 2.52. The lowest BCUT2D eigenvalue weighted by molar-refractivity contribution is -0.659. The summed E-state index contributed by atoms with van der Waals surface area (Å²) in [5.41, 5.74) is -4.38. The van der Waals surface area contributed by atoms with Gasteiger partial charge >= 0.3 is 5.51 Å². The summed E-state index contributed by atoms with van der Waals surface area (Å²) in [4.78, 5) is 0. The van der Waals surface area contributed by atoms with Crippen LogP contribution in [-0.4, -0.2) is 56.3 Å². The number of rotatable bonds is 8. The van der Waals surface area contributed by atoms with Crippen molar-refractivity contribution >= 4 is 18.5 Å². The maximum atomic E-state index is 10.7. The van der Waals surface area contributed by atoms with Crippen molar-refractivity contribution in [3.05, 3.63) is 42.7 Å². The summed E-state index contributed by atoms with van der Waals surface area (Å²) >= 11 is 0. The molecule has 12 heteroatoms. The highest BCUT2D eigenvalue weighted by Gasteiger charge is 2.41. The third-order valence-corrected chi connectivity index (χ3v) is 8.97. The second kappa shape index (κ2) is 12.6. The number of benzene rings is 1. The molecule has 7 nitrogen and oxygen atoms in total. The molecule has 1 aromatic heterocycles. The fourth-order valence-electron chi connectivity index (χ4n) is 3.89. The predicted molar refractivity (Wildman–Crippen MR) is 133 cm³/mol. The van der Waals surface area contributed by atoms with Crippen LogP contribution in [0, 0.1) is 0 Å². The number of hydrogen-bond donors (Lipinski definition) is 0. The quantitative estimate of drug-likeness (QED) is 0.196. The maximum absolute atomic E-state index is 10.7. The monoisotopic (exact) mass is 538 g/mol. The van der Waals surface area contributed by atoms with Crippen LogP contribution in [0.15, 0.2) is 42.7 Å². The Balaban J connectivity index is 0.000000658. The van der Waals surface area contributed by atoms with E-state index in [0.717, 1.165) is 0 Å². The van der Waals surface area contributed by atoms with Gasteiger partial charge in [0.25, 0.3) is 14.2 Å². The van der Waals surface area contributed by atoms with E-state index < -0.39 is 24.0 Å². The van der Waals surface area contributed by atoms with Gasteiger partial charge in [0, 0.05) is 24.2 Å². The molecule has 0 N–H and O–H groups in total. The van der Waals surface area contributed by atoms with Crippen LogP contribution in [0.3, 0.4) is 0 Å². The number of alkyl halides is 3. The van der Waals surface area contributed by atoms with Crippen molar-refractivity contribution in [1.82, 2.24) is 13.7 Å². The topological polar surface area (TPSA) is 72.5 Å². The fraction of sp³-hybridized carbons (Fsp3) is 0.609. The first kappa shape index (κ1) is 31.5. The van der Waals surface area contributed by atoms with E-state index in [9.17, 15) is 13.2 Å². The lowest BCUT2D eigenvalue weighted by Gasteiger charge is -2.43. The molecular formula is C23H38F3N4O3PS. The van der Waals surface area contributed by atoms with Crippen molar-refractivity contribution in [1.29, 1.82) is 0 Å². The first-order valence-electron chi connectivity index (χ1n) is 11.4. The molecule has 0 unspecified atom stereocenters. The second-order valence-corrected chi connectivity index (χ2v) is 12.5. The molecule has 0 atom stereocenters. The molecule has 2 aromatic rings. The lowest BCUT2D eigenvalue weighted by atomic mass is 10.2. The molecular weight excluding hydrogens is 500 g/mol. The molecule has 1 heterocycles. The fourth-order valence-corrected chi connectivity index (χ4v) is 6.83. The zero-order valence-corrected chi connectivity index (χ0v) is 23.6. The molecule has 0 aliphatic carbocycles. The van der Waals surface area contributed by atoms with E-state index in [-0.39, 0.29) is 0 Å². The smallest absolute Gasteiger partial charge is 0.485 e. The summed E-state index contributed by atoms with van der Waals surface area (Å²) < 4.78 is 69.0. The number of nitrogens with zero attached hydrogens (tertiary/aromatic N) is 4. The number of imidazole rings is 1. The number of aromatic nitrogens is 2. The van der Waals surface area contributed by atoms with Gasteiger partial charge in [-0.25, -0.2) is 22.3 Å². The normalized spacial score (nSPS) is 13.0. The number of halogens is 3. The minimum atomic E-state index is -6.09. The first-order chi connectivity index (χ1) is 15.9. The summed E-state index contributed by atoms with van der Waals surface area (Å²) in [6, 6.07) is 12.6. The van der Waals surface area contributed by atoms with Crippen LogP contribution in [-0.2, 0) is 17.2 Å². The zero-order chi connectivity index (χ0) is 27.3. The van der Waals surface area contributed by atoms with E-state index >= 15 is 0 Å². The minimum absolute atomic E-state index is 0.465. The minimum Gasteiger partial charge on any atom is -0.741 e. The van der Waals surface area contributed by atoms with Crippen molar-refractivity contribution in [2.75, 3.05) is 0 Å². The SMILES string of the molecule is CC(C)N(C(C)C)P(N(C(C)C)C(C)C)n1cc[n+](C)c1-c1ccccc1.O=S(=O)([O-])C(F)(F)F. The summed E-state index contributed by atoms with van der Waals surface area (Å²) in [6.07, 6.45) is 4.46. The molecule has 0 fully saturated rings. The maximum Gasteiger partial charge on any atom is 0.485 e. The summed E-state index contributed by atoms with van der Waals surface area (Å²) in [5.74, 6) is 1.26. The van der Waals surface area contributed by atoms with E-state index in [1.54, 1.807) is 0 Å². The average Bonchev–Trinajstić information content (AvgIpc) is 3.07. The van der Waals surface area contributed by atoms with Crippen molar-refractivity contribution in [2.24, 2.45) is 7.05 Å². The molecule has 0 radical (unpaired) electrons. The number of hydrogen-bond acceptors (Lipinski definition) is 5. The van der Waals surface area contributed by atoms with Crippen LogP contribution >= 0.6 is 8.37 Å². The molecule has 35 heavy (non-hydrogen) atoms. The van der Waals surface area contributed by atoms with Crippen LogP contribution in [0.1, 0.15) is 55.4 Å². The van der Waals surface area contributed by atoms with E-state index in [1.807, 2.05) is 0 Å². The Morgan fingerprint density at radius 2 is 1.26 bits per heavy atom. The van der Waals surface area contributed by atoms with E-state index in [0.29, 0.717) is 24.2 Å². The van der Waals surface area contributed by atoms with Gasteiger partial charge in [-0.15, -0.1) is 0 Å². The Bertz CT molecular complexity index is 990. The van der Waals surface area contributed by atoms with Gasteiger partial charge in [0.2, 0.25) is 0 Å². The molecule has 0 saturated heterocycles. The van der Waals surface area contributed by atoms with Crippen molar-refractivity contribution in [3.8, 4) is 11.4 Å².